The summed E-state index contributed by atoms with van der Waals surface area (Å²) in [6.45, 7) is 1.85. The summed E-state index contributed by atoms with van der Waals surface area (Å²) >= 11 is 0.996. The lowest BCUT2D eigenvalue weighted by Crippen LogP contribution is -2.30. The Morgan fingerprint density at radius 1 is 1.41 bits per heavy atom. The number of hydrogen-bond acceptors (Lipinski definition) is 5. The molecular formula is C8H9F3N4OS. The number of fused-ring (bicyclic) bond motifs is 1. The second-order valence-electron chi connectivity index (χ2n) is 3.42. The highest BCUT2D eigenvalue weighted by Crippen LogP contribution is 2.24. The minimum atomic E-state index is -4.63. The molecule has 0 aliphatic rings. The van der Waals surface area contributed by atoms with Crippen molar-refractivity contribution in [3.8, 4) is 0 Å². The Balaban J connectivity index is 2.23. The van der Waals surface area contributed by atoms with E-state index in [1.54, 1.807) is 0 Å². The van der Waals surface area contributed by atoms with E-state index in [0.29, 0.717) is 17.2 Å². The number of aromatic nitrogens is 4. The van der Waals surface area contributed by atoms with Gasteiger partial charge >= 0.3 is 6.18 Å². The van der Waals surface area contributed by atoms with Crippen molar-refractivity contribution in [3.05, 3.63) is 10.8 Å². The molecule has 0 aliphatic carbocycles. The Kier molecular flexibility index (Phi) is 3.04. The number of hydrogen-bond donors (Lipinski definition) is 1. The Labute approximate surface area is 97.9 Å². The third-order valence-electron chi connectivity index (χ3n) is 2.16. The molecule has 2 aromatic rings. The summed E-state index contributed by atoms with van der Waals surface area (Å²) in [6.07, 6.45) is -6.98. The first-order chi connectivity index (χ1) is 7.91. The molecule has 0 bridgehead atoms. The first kappa shape index (κ1) is 12.2. The third kappa shape index (κ3) is 2.39. The predicted molar refractivity (Wildman–Crippen MR) is 53.8 cm³/mol. The molecule has 0 saturated carbocycles. The van der Waals surface area contributed by atoms with Gasteiger partial charge in [0.2, 0.25) is 4.96 Å². The second-order valence-corrected chi connectivity index (χ2v) is 4.46. The van der Waals surface area contributed by atoms with Gasteiger partial charge in [-0.2, -0.15) is 22.8 Å². The number of alkyl halides is 3. The van der Waals surface area contributed by atoms with Crippen LogP contribution in [-0.2, 0) is 12.8 Å². The van der Waals surface area contributed by atoms with Crippen molar-refractivity contribution in [2.24, 2.45) is 0 Å². The summed E-state index contributed by atoms with van der Waals surface area (Å²) in [5.74, 6) is 0.587. The number of halogens is 3. The molecule has 0 saturated heterocycles. The molecule has 0 aliphatic heterocycles. The van der Waals surface area contributed by atoms with E-state index in [0.717, 1.165) is 11.3 Å². The summed E-state index contributed by atoms with van der Waals surface area (Å²) in [4.78, 5) is 0.436. The molecule has 1 N–H and O–H groups in total. The fourth-order valence-electron chi connectivity index (χ4n) is 1.28. The van der Waals surface area contributed by atoms with E-state index in [1.165, 1.54) is 4.52 Å². The molecule has 1 atom stereocenters. The fraction of sp³-hybridized carbons (Fsp3) is 0.625. The molecule has 2 aromatic heterocycles. The standard InChI is InChI=1S/C8H9F3N4OS/c1-2-5-12-13-7-15(5)14-6(17-7)3-4(16)8(9,10)11/h4,16H,2-3H2,1H3. The van der Waals surface area contributed by atoms with E-state index in [1.807, 2.05) is 6.92 Å². The van der Waals surface area contributed by atoms with Crippen molar-refractivity contribution < 1.29 is 18.3 Å². The number of rotatable bonds is 3. The number of aliphatic hydroxyl groups is 1. The van der Waals surface area contributed by atoms with Crippen molar-refractivity contribution in [3.63, 3.8) is 0 Å². The van der Waals surface area contributed by atoms with Gasteiger partial charge in [-0.15, -0.1) is 10.2 Å². The van der Waals surface area contributed by atoms with E-state index in [2.05, 4.69) is 15.3 Å². The van der Waals surface area contributed by atoms with Crippen molar-refractivity contribution in [2.75, 3.05) is 0 Å². The van der Waals surface area contributed by atoms with E-state index in [4.69, 9.17) is 5.11 Å². The molecule has 17 heavy (non-hydrogen) atoms. The van der Waals surface area contributed by atoms with Crippen LogP contribution < -0.4 is 0 Å². The SMILES string of the molecule is CCc1nnc2sc(CC(O)C(F)(F)F)nn12. The zero-order valence-corrected chi connectivity index (χ0v) is 9.59. The molecule has 94 valence electrons. The van der Waals surface area contributed by atoms with Crippen molar-refractivity contribution in [1.82, 2.24) is 19.8 Å². The topological polar surface area (TPSA) is 63.3 Å². The number of aryl methyl sites for hydroxylation is 1. The molecule has 0 spiro atoms. The van der Waals surface area contributed by atoms with Crippen LogP contribution in [0.25, 0.3) is 4.96 Å². The van der Waals surface area contributed by atoms with Gasteiger partial charge in [-0.1, -0.05) is 18.3 Å². The van der Waals surface area contributed by atoms with Crippen LogP contribution in [0.15, 0.2) is 0 Å². The molecule has 2 rings (SSSR count). The van der Waals surface area contributed by atoms with Crippen LogP contribution in [0.4, 0.5) is 13.2 Å². The summed E-state index contributed by atoms with van der Waals surface area (Å²) in [6, 6.07) is 0. The minimum Gasteiger partial charge on any atom is -0.383 e. The summed E-state index contributed by atoms with van der Waals surface area (Å²) < 4.78 is 37.9. The Hall–Kier alpha value is -1.22. The Morgan fingerprint density at radius 3 is 2.71 bits per heavy atom. The van der Waals surface area contributed by atoms with Gasteiger partial charge in [0.25, 0.3) is 0 Å². The number of nitrogens with zero attached hydrogens (tertiary/aromatic N) is 4. The van der Waals surface area contributed by atoms with Gasteiger partial charge in [-0.05, 0) is 0 Å². The summed E-state index contributed by atoms with van der Waals surface area (Å²) in [7, 11) is 0. The highest BCUT2D eigenvalue weighted by atomic mass is 32.1. The van der Waals surface area contributed by atoms with E-state index < -0.39 is 18.7 Å². The average molecular weight is 266 g/mol. The normalized spacial score (nSPS) is 14.4. The molecule has 0 aromatic carbocycles. The largest absolute Gasteiger partial charge is 0.414 e. The quantitative estimate of drug-likeness (QED) is 0.907. The predicted octanol–water partition coefficient (Wildman–Crippen LogP) is 1.21. The monoisotopic (exact) mass is 266 g/mol. The lowest BCUT2D eigenvalue weighted by atomic mass is 10.2. The maximum Gasteiger partial charge on any atom is 0.414 e. The van der Waals surface area contributed by atoms with Crippen LogP contribution in [0.5, 0.6) is 0 Å². The van der Waals surface area contributed by atoms with E-state index in [9.17, 15) is 13.2 Å². The highest BCUT2D eigenvalue weighted by Gasteiger charge is 2.38. The lowest BCUT2D eigenvalue weighted by Gasteiger charge is -2.11. The lowest BCUT2D eigenvalue weighted by molar-refractivity contribution is -0.203. The van der Waals surface area contributed by atoms with Crippen LogP contribution >= 0.6 is 11.3 Å². The fourth-order valence-corrected chi connectivity index (χ4v) is 2.17. The summed E-state index contributed by atoms with van der Waals surface area (Å²) in [5.41, 5.74) is 0. The molecular weight excluding hydrogens is 257 g/mol. The van der Waals surface area contributed by atoms with Crippen LogP contribution in [0.2, 0.25) is 0 Å². The smallest absolute Gasteiger partial charge is 0.383 e. The Morgan fingerprint density at radius 2 is 2.12 bits per heavy atom. The second kappa shape index (κ2) is 4.22. The van der Waals surface area contributed by atoms with Gasteiger partial charge in [0.05, 0.1) is 0 Å². The zero-order chi connectivity index (χ0) is 12.6. The molecule has 0 radical (unpaired) electrons. The maximum absolute atomic E-state index is 12.2. The molecule has 2 heterocycles. The third-order valence-corrected chi connectivity index (χ3v) is 3.08. The minimum absolute atomic E-state index is 0.189. The first-order valence-corrected chi connectivity index (χ1v) is 5.68. The first-order valence-electron chi connectivity index (χ1n) is 4.86. The summed E-state index contributed by atoms with van der Waals surface area (Å²) in [5, 5.41) is 20.7. The van der Waals surface area contributed by atoms with Gasteiger partial charge in [0, 0.05) is 12.8 Å². The van der Waals surface area contributed by atoms with Gasteiger partial charge in [-0.3, -0.25) is 0 Å². The van der Waals surface area contributed by atoms with Crippen molar-refractivity contribution >= 4 is 16.3 Å². The average Bonchev–Trinajstić information content (AvgIpc) is 2.75. The number of aliphatic hydroxyl groups excluding tert-OH is 1. The highest BCUT2D eigenvalue weighted by molar-refractivity contribution is 7.16. The van der Waals surface area contributed by atoms with Crippen LogP contribution in [0.1, 0.15) is 17.8 Å². The van der Waals surface area contributed by atoms with Crippen molar-refractivity contribution in [2.45, 2.75) is 32.0 Å². The van der Waals surface area contributed by atoms with E-state index in [-0.39, 0.29) is 5.01 Å². The van der Waals surface area contributed by atoms with Crippen LogP contribution in [0, 0.1) is 0 Å². The maximum atomic E-state index is 12.2. The van der Waals surface area contributed by atoms with Gasteiger partial charge in [0.1, 0.15) is 5.01 Å². The molecule has 9 heteroatoms. The molecule has 0 amide bonds. The van der Waals surface area contributed by atoms with Crippen LogP contribution in [-0.4, -0.2) is 37.2 Å². The molecule has 0 fully saturated rings. The Bertz CT molecular complexity index is 520. The zero-order valence-electron chi connectivity index (χ0n) is 8.77. The molecule has 1 unspecified atom stereocenters. The van der Waals surface area contributed by atoms with Gasteiger partial charge in [0.15, 0.2) is 11.9 Å². The van der Waals surface area contributed by atoms with Gasteiger partial charge < -0.3 is 5.11 Å². The van der Waals surface area contributed by atoms with Crippen molar-refractivity contribution in [1.29, 1.82) is 0 Å². The van der Waals surface area contributed by atoms with Crippen LogP contribution in [0.3, 0.4) is 0 Å². The molecule has 5 nitrogen and oxygen atoms in total. The van der Waals surface area contributed by atoms with Gasteiger partial charge in [-0.25, -0.2) is 0 Å². The van der Waals surface area contributed by atoms with E-state index >= 15 is 0 Å².